The number of carbonyl (C=O) groups is 2. The summed E-state index contributed by atoms with van der Waals surface area (Å²) in [6.07, 6.45) is -0.251. The molecule has 0 spiro atoms. The van der Waals surface area contributed by atoms with Crippen LogP contribution in [0.5, 0.6) is 0 Å². The van der Waals surface area contributed by atoms with Crippen LogP contribution in [-0.2, 0) is 32.2 Å². The van der Waals surface area contributed by atoms with Gasteiger partial charge in [-0.05, 0) is 52.1 Å². The molecule has 1 aliphatic rings. The molecule has 1 fully saturated rings. The van der Waals surface area contributed by atoms with E-state index in [4.69, 9.17) is 44.3 Å². The van der Waals surface area contributed by atoms with Gasteiger partial charge in [-0.1, -0.05) is 108 Å². The summed E-state index contributed by atoms with van der Waals surface area (Å²) in [5.41, 5.74) is 6.24. The van der Waals surface area contributed by atoms with Gasteiger partial charge in [0.25, 0.3) is 9.70 Å². The number of aliphatic hydroxyl groups is 1. The van der Waals surface area contributed by atoms with Crippen LogP contribution < -0.4 is 10.6 Å². The molecule has 4 aromatic carbocycles. The van der Waals surface area contributed by atoms with Crippen molar-refractivity contribution in [1.29, 1.82) is 0 Å². The average molecular weight is 700 g/mol. The third-order valence-corrected chi connectivity index (χ3v) is 9.09. The minimum Gasteiger partial charge on any atom is -0.392 e. The Bertz CT molecular complexity index is 1630. The smallest absolute Gasteiger partial charge is 0.272 e. The zero-order valence-corrected chi connectivity index (χ0v) is 28.0. The first-order valence-corrected chi connectivity index (χ1v) is 16.8. The summed E-state index contributed by atoms with van der Waals surface area (Å²) in [6.45, 7) is 1.66. The number of anilines is 1. The van der Waals surface area contributed by atoms with Gasteiger partial charge >= 0.3 is 0 Å². The number of rotatable bonds is 10. The van der Waals surface area contributed by atoms with Crippen molar-refractivity contribution >= 4 is 64.1 Å². The SMILES string of the molecule is CC(=O)Nc1ccc(SC[C@@H]2C[C@H](c3ccc(CO)cc3)O[C@H](c3ccc(-c4ccccc4CNC(=O)C(Cl)(Cl)Cl)cc3)O2)cc1. The third kappa shape index (κ3) is 9.26. The highest BCUT2D eigenvalue weighted by atomic mass is 35.6. The fourth-order valence-corrected chi connectivity index (χ4v) is 6.22. The molecular weight excluding hydrogens is 667 g/mol. The summed E-state index contributed by atoms with van der Waals surface area (Å²) >= 11 is 18.8. The number of amides is 2. The van der Waals surface area contributed by atoms with Crippen LogP contribution in [-0.4, -0.2) is 32.6 Å². The van der Waals surface area contributed by atoms with Gasteiger partial charge in [0.05, 0.1) is 18.8 Å². The van der Waals surface area contributed by atoms with Crippen molar-refractivity contribution in [3.8, 4) is 11.1 Å². The van der Waals surface area contributed by atoms with Gasteiger partial charge in [-0.2, -0.15) is 0 Å². The largest absolute Gasteiger partial charge is 0.392 e. The van der Waals surface area contributed by atoms with Crippen LogP contribution in [0.15, 0.2) is 102 Å². The normalized spacial score (nSPS) is 18.2. The lowest BCUT2D eigenvalue weighted by atomic mass is 9.98. The molecule has 1 heterocycles. The van der Waals surface area contributed by atoms with Gasteiger partial charge in [0, 0.05) is 41.8 Å². The van der Waals surface area contributed by atoms with E-state index in [2.05, 4.69) is 10.6 Å². The van der Waals surface area contributed by atoms with E-state index < -0.39 is 16.0 Å². The lowest BCUT2D eigenvalue weighted by Gasteiger charge is -2.36. The fraction of sp³-hybridized carbons (Fsp3) is 0.257. The molecule has 2 amide bonds. The summed E-state index contributed by atoms with van der Waals surface area (Å²) in [5, 5.41) is 15.0. The first kappa shape index (κ1) is 34.3. The second-order valence-corrected chi connectivity index (χ2v) is 14.2. The van der Waals surface area contributed by atoms with Crippen LogP contribution in [0.4, 0.5) is 5.69 Å². The zero-order valence-electron chi connectivity index (χ0n) is 24.9. The molecule has 0 aromatic heterocycles. The first-order chi connectivity index (χ1) is 22.1. The highest BCUT2D eigenvalue weighted by Gasteiger charge is 2.33. The quantitative estimate of drug-likeness (QED) is 0.114. The minimum absolute atomic E-state index is 0.0215. The van der Waals surface area contributed by atoms with Crippen molar-refractivity contribution < 1.29 is 24.2 Å². The molecule has 0 unspecified atom stereocenters. The molecule has 0 aliphatic carbocycles. The van der Waals surface area contributed by atoms with Gasteiger partial charge in [0.1, 0.15) is 0 Å². The predicted molar refractivity (Wildman–Crippen MR) is 184 cm³/mol. The maximum atomic E-state index is 12.1. The van der Waals surface area contributed by atoms with Crippen LogP contribution >= 0.6 is 46.6 Å². The Balaban J connectivity index is 1.32. The molecule has 240 valence electrons. The van der Waals surface area contributed by atoms with Gasteiger partial charge in [0.15, 0.2) is 6.29 Å². The number of carbonyl (C=O) groups excluding carboxylic acids is 2. The maximum Gasteiger partial charge on any atom is 0.272 e. The van der Waals surface area contributed by atoms with Crippen LogP contribution in [0.1, 0.15) is 48.0 Å². The number of benzene rings is 4. The fourth-order valence-electron chi connectivity index (χ4n) is 5.10. The summed E-state index contributed by atoms with van der Waals surface area (Å²) < 4.78 is 11.0. The zero-order chi connectivity index (χ0) is 32.7. The van der Waals surface area contributed by atoms with Crippen molar-refractivity contribution in [1.82, 2.24) is 5.32 Å². The van der Waals surface area contributed by atoms with Crippen LogP contribution in [0.3, 0.4) is 0 Å². The Morgan fingerprint density at radius 2 is 1.57 bits per heavy atom. The topological polar surface area (TPSA) is 96.9 Å². The van der Waals surface area contributed by atoms with E-state index in [-0.39, 0.29) is 31.3 Å². The van der Waals surface area contributed by atoms with Crippen molar-refractivity contribution in [2.24, 2.45) is 0 Å². The van der Waals surface area contributed by atoms with Crippen LogP contribution in [0.2, 0.25) is 0 Å². The van der Waals surface area contributed by atoms with E-state index in [1.54, 1.807) is 11.8 Å². The number of hydrogen-bond acceptors (Lipinski definition) is 6. The second kappa shape index (κ2) is 15.7. The average Bonchev–Trinajstić information content (AvgIpc) is 3.06. The van der Waals surface area contributed by atoms with Gasteiger partial charge in [-0.25, -0.2) is 0 Å². The summed E-state index contributed by atoms with van der Waals surface area (Å²) in [4.78, 5) is 24.5. The Morgan fingerprint density at radius 3 is 2.22 bits per heavy atom. The number of ether oxygens (including phenoxy) is 2. The number of alkyl halides is 3. The molecule has 1 aliphatic heterocycles. The Morgan fingerprint density at radius 1 is 0.891 bits per heavy atom. The van der Waals surface area contributed by atoms with E-state index in [1.165, 1.54) is 6.92 Å². The van der Waals surface area contributed by atoms with E-state index in [1.807, 2.05) is 97.1 Å². The lowest BCUT2D eigenvalue weighted by molar-refractivity contribution is -0.245. The molecule has 4 aromatic rings. The molecular formula is C35H33Cl3N2O5S. The molecule has 0 radical (unpaired) electrons. The molecule has 0 bridgehead atoms. The van der Waals surface area contributed by atoms with Crippen molar-refractivity contribution in [3.05, 3.63) is 119 Å². The van der Waals surface area contributed by atoms with Crippen molar-refractivity contribution in [2.45, 2.75) is 53.7 Å². The molecule has 3 N–H and O–H groups in total. The van der Waals surface area contributed by atoms with Crippen LogP contribution in [0, 0.1) is 0 Å². The molecule has 5 rings (SSSR count). The van der Waals surface area contributed by atoms with E-state index in [0.717, 1.165) is 44.0 Å². The van der Waals surface area contributed by atoms with Gasteiger partial charge in [-0.15, -0.1) is 11.8 Å². The van der Waals surface area contributed by atoms with Crippen LogP contribution in [0.25, 0.3) is 11.1 Å². The minimum atomic E-state index is -2.04. The van der Waals surface area contributed by atoms with Crippen molar-refractivity contribution in [3.63, 3.8) is 0 Å². The summed E-state index contributed by atoms with van der Waals surface area (Å²) in [6, 6.07) is 31.2. The standard InChI is InChI=1S/C35H33Cl3N2O5S/c1-22(42)40-28-14-16-30(17-15-28)46-21-29-18-32(25-8-6-23(20-41)7-9-25)45-33(44-29)26-12-10-24(11-13-26)31-5-3-2-4-27(31)19-39-34(43)35(36,37)38/h2-17,29,32-33,41H,18-21H2,1H3,(H,39,43)(H,40,42)/t29-,32+,33+/m0/s1. The molecule has 46 heavy (non-hydrogen) atoms. The lowest BCUT2D eigenvalue weighted by Crippen LogP contribution is -2.34. The highest BCUT2D eigenvalue weighted by molar-refractivity contribution is 7.99. The monoisotopic (exact) mass is 698 g/mol. The van der Waals surface area contributed by atoms with Gasteiger partial charge in [0.2, 0.25) is 5.91 Å². The van der Waals surface area contributed by atoms with Gasteiger partial charge < -0.3 is 25.2 Å². The summed E-state index contributed by atoms with van der Waals surface area (Å²) in [7, 11) is 0. The molecule has 0 saturated carbocycles. The summed E-state index contributed by atoms with van der Waals surface area (Å²) in [5.74, 6) is -0.0945. The first-order valence-electron chi connectivity index (χ1n) is 14.6. The van der Waals surface area contributed by atoms with Gasteiger partial charge in [-0.3, -0.25) is 9.59 Å². The predicted octanol–water partition coefficient (Wildman–Crippen LogP) is 8.13. The van der Waals surface area contributed by atoms with E-state index >= 15 is 0 Å². The highest BCUT2D eigenvalue weighted by Crippen LogP contribution is 2.40. The maximum absolute atomic E-state index is 12.1. The Hall–Kier alpha value is -3.08. The number of aliphatic hydroxyl groups excluding tert-OH is 1. The number of halogens is 3. The Kier molecular flexibility index (Phi) is 11.7. The van der Waals surface area contributed by atoms with E-state index in [9.17, 15) is 14.7 Å². The third-order valence-electron chi connectivity index (χ3n) is 7.43. The van der Waals surface area contributed by atoms with Crippen molar-refractivity contribution in [2.75, 3.05) is 11.1 Å². The molecule has 1 saturated heterocycles. The molecule has 7 nitrogen and oxygen atoms in total. The number of nitrogens with one attached hydrogen (secondary N) is 2. The Labute approximate surface area is 287 Å². The molecule has 3 atom stereocenters. The number of hydrogen-bond donors (Lipinski definition) is 3. The van der Waals surface area contributed by atoms with E-state index in [0.29, 0.717) is 12.2 Å². The molecule has 11 heteroatoms. The number of thioether (sulfide) groups is 1. The second-order valence-electron chi connectivity index (χ2n) is 10.8.